The second kappa shape index (κ2) is 4.43. The molecule has 0 saturated heterocycles. The number of nitrogen functional groups attached to an aromatic ring is 1. The van der Waals surface area contributed by atoms with Crippen LogP contribution in [0.2, 0.25) is 0 Å². The molecule has 0 bridgehead atoms. The van der Waals surface area contributed by atoms with E-state index in [0.717, 1.165) is 39.4 Å². The molecule has 1 aliphatic carbocycles. The highest BCUT2D eigenvalue weighted by molar-refractivity contribution is 9.10. The van der Waals surface area contributed by atoms with Crippen LogP contribution in [0.25, 0.3) is 10.9 Å². The Morgan fingerprint density at radius 2 is 2.28 bits per heavy atom. The van der Waals surface area contributed by atoms with Crippen LogP contribution in [0.5, 0.6) is 0 Å². The fraction of sp³-hybridized carbons (Fsp3) is 0.357. The summed E-state index contributed by atoms with van der Waals surface area (Å²) < 4.78 is 1.05. The molecule has 0 spiro atoms. The molecular formula is C14H16BrN3. The second-order valence-electron chi connectivity index (χ2n) is 5.10. The summed E-state index contributed by atoms with van der Waals surface area (Å²) in [4.78, 5) is 4.35. The molecule has 1 heterocycles. The predicted molar refractivity (Wildman–Crippen MR) is 79.6 cm³/mol. The Bertz CT molecular complexity index is 592. The lowest BCUT2D eigenvalue weighted by Crippen LogP contribution is -2.07. The van der Waals surface area contributed by atoms with Crippen molar-refractivity contribution in [3.8, 4) is 0 Å². The third-order valence-electron chi connectivity index (χ3n) is 3.68. The summed E-state index contributed by atoms with van der Waals surface area (Å²) in [7, 11) is 0. The third-order valence-corrected chi connectivity index (χ3v) is 4.17. The van der Waals surface area contributed by atoms with Gasteiger partial charge in [0, 0.05) is 16.4 Å². The first-order valence-corrected chi connectivity index (χ1v) is 7.02. The molecule has 2 aromatic rings. The fourth-order valence-electron chi connectivity index (χ4n) is 2.29. The molecule has 1 aliphatic rings. The summed E-state index contributed by atoms with van der Waals surface area (Å²) in [5, 5.41) is 4.57. The van der Waals surface area contributed by atoms with E-state index in [9.17, 15) is 0 Å². The Morgan fingerprint density at radius 3 is 3.00 bits per heavy atom. The largest absolute Gasteiger partial charge is 0.396 e. The van der Waals surface area contributed by atoms with Gasteiger partial charge in [-0.05, 0) is 36.5 Å². The number of halogens is 1. The molecule has 18 heavy (non-hydrogen) atoms. The molecule has 4 heteroatoms. The zero-order valence-electron chi connectivity index (χ0n) is 10.3. The number of nitrogens with two attached hydrogens (primary N) is 1. The monoisotopic (exact) mass is 305 g/mol. The van der Waals surface area contributed by atoms with E-state index in [1.54, 1.807) is 6.20 Å². The minimum atomic E-state index is 0.717. The standard InChI is InChI=1S/C14H16BrN3/c1-8-4-9(8)6-18-14-11-5-10(15)2-3-13(11)17-7-12(14)16/h2-3,5,7-9H,4,6,16H2,1H3,(H,17,18). The van der Waals surface area contributed by atoms with E-state index in [-0.39, 0.29) is 0 Å². The van der Waals surface area contributed by atoms with Crippen LogP contribution in [0, 0.1) is 11.8 Å². The van der Waals surface area contributed by atoms with Gasteiger partial charge in [0.1, 0.15) is 0 Å². The Morgan fingerprint density at radius 1 is 1.50 bits per heavy atom. The normalized spacial score (nSPS) is 22.1. The Labute approximate surface area is 115 Å². The number of fused-ring (bicyclic) bond motifs is 1. The maximum absolute atomic E-state index is 6.04. The van der Waals surface area contributed by atoms with Crippen LogP contribution in [0.3, 0.4) is 0 Å². The van der Waals surface area contributed by atoms with Gasteiger partial charge in [0.05, 0.1) is 23.1 Å². The van der Waals surface area contributed by atoms with E-state index in [0.29, 0.717) is 5.69 Å². The minimum absolute atomic E-state index is 0.717. The number of hydrogen-bond donors (Lipinski definition) is 2. The van der Waals surface area contributed by atoms with E-state index >= 15 is 0 Å². The van der Waals surface area contributed by atoms with Gasteiger partial charge in [0.25, 0.3) is 0 Å². The van der Waals surface area contributed by atoms with Crippen molar-refractivity contribution in [2.24, 2.45) is 11.8 Å². The van der Waals surface area contributed by atoms with Crippen molar-refractivity contribution < 1.29 is 0 Å². The first-order chi connectivity index (χ1) is 8.65. The molecule has 0 radical (unpaired) electrons. The highest BCUT2D eigenvalue weighted by Crippen LogP contribution is 2.38. The lowest BCUT2D eigenvalue weighted by Gasteiger charge is -2.12. The van der Waals surface area contributed by atoms with Crippen molar-refractivity contribution in [1.82, 2.24) is 4.98 Å². The lowest BCUT2D eigenvalue weighted by atomic mass is 10.1. The highest BCUT2D eigenvalue weighted by atomic mass is 79.9. The van der Waals surface area contributed by atoms with Crippen molar-refractivity contribution >= 4 is 38.2 Å². The number of nitrogens with one attached hydrogen (secondary N) is 1. The van der Waals surface area contributed by atoms with Crippen LogP contribution in [0.15, 0.2) is 28.9 Å². The quantitative estimate of drug-likeness (QED) is 0.910. The van der Waals surface area contributed by atoms with Crippen molar-refractivity contribution in [1.29, 1.82) is 0 Å². The molecule has 3 N–H and O–H groups in total. The van der Waals surface area contributed by atoms with Gasteiger partial charge in [-0.3, -0.25) is 4.98 Å². The number of nitrogens with zero attached hydrogens (tertiary/aromatic N) is 1. The average Bonchev–Trinajstić information content (AvgIpc) is 3.04. The smallest absolute Gasteiger partial charge is 0.0743 e. The summed E-state index contributed by atoms with van der Waals surface area (Å²) in [6.07, 6.45) is 3.05. The van der Waals surface area contributed by atoms with E-state index in [4.69, 9.17) is 5.73 Å². The van der Waals surface area contributed by atoms with E-state index in [2.05, 4.69) is 39.2 Å². The summed E-state index contributed by atoms with van der Waals surface area (Å²) >= 11 is 3.50. The second-order valence-corrected chi connectivity index (χ2v) is 6.02. The summed E-state index contributed by atoms with van der Waals surface area (Å²) in [6.45, 7) is 3.29. The first kappa shape index (κ1) is 11.8. The fourth-order valence-corrected chi connectivity index (χ4v) is 2.66. The van der Waals surface area contributed by atoms with Crippen molar-refractivity contribution in [2.75, 3.05) is 17.6 Å². The summed E-state index contributed by atoms with van der Waals surface area (Å²) in [5.74, 6) is 1.64. The van der Waals surface area contributed by atoms with Gasteiger partial charge in [0.15, 0.2) is 0 Å². The number of anilines is 2. The van der Waals surface area contributed by atoms with Crippen molar-refractivity contribution in [2.45, 2.75) is 13.3 Å². The van der Waals surface area contributed by atoms with Gasteiger partial charge in [-0.1, -0.05) is 22.9 Å². The number of benzene rings is 1. The van der Waals surface area contributed by atoms with Gasteiger partial charge >= 0.3 is 0 Å². The van der Waals surface area contributed by atoms with Crippen LogP contribution in [0.4, 0.5) is 11.4 Å². The average molecular weight is 306 g/mol. The topological polar surface area (TPSA) is 50.9 Å². The van der Waals surface area contributed by atoms with Gasteiger partial charge in [-0.25, -0.2) is 0 Å². The first-order valence-electron chi connectivity index (χ1n) is 6.23. The molecule has 1 aromatic carbocycles. The molecule has 1 aromatic heterocycles. The molecular weight excluding hydrogens is 290 g/mol. The van der Waals surface area contributed by atoms with Gasteiger partial charge in [0.2, 0.25) is 0 Å². The zero-order chi connectivity index (χ0) is 12.7. The Balaban J connectivity index is 1.96. The maximum Gasteiger partial charge on any atom is 0.0743 e. The third kappa shape index (κ3) is 2.17. The Kier molecular flexibility index (Phi) is 2.90. The molecule has 3 rings (SSSR count). The summed E-state index contributed by atoms with van der Waals surface area (Å²) in [5.41, 5.74) is 8.74. The van der Waals surface area contributed by atoms with E-state index < -0.39 is 0 Å². The Hall–Kier alpha value is -1.29. The molecule has 1 fully saturated rings. The minimum Gasteiger partial charge on any atom is -0.396 e. The number of pyridine rings is 1. The zero-order valence-corrected chi connectivity index (χ0v) is 11.9. The molecule has 2 unspecified atom stereocenters. The number of aromatic nitrogens is 1. The molecule has 0 amide bonds. The van der Waals surface area contributed by atoms with Crippen LogP contribution < -0.4 is 11.1 Å². The SMILES string of the molecule is CC1CC1CNc1c(N)cnc2ccc(Br)cc12. The highest BCUT2D eigenvalue weighted by Gasteiger charge is 2.32. The molecule has 0 aliphatic heterocycles. The van der Waals surface area contributed by atoms with Crippen molar-refractivity contribution in [3.05, 3.63) is 28.9 Å². The summed E-state index contributed by atoms with van der Waals surface area (Å²) in [6, 6.07) is 6.07. The molecule has 2 atom stereocenters. The van der Waals surface area contributed by atoms with Crippen LogP contribution in [-0.2, 0) is 0 Å². The molecule has 3 nitrogen and oxygen atoms in total. The predicted octanol–water partition coefficient (Wildman–Crippen LogP) is 3.65. The van der Waals surface area contributed by atoms with Crippen LogP contribution >= 0.6 is 15.9 Å². The number of hydrogen-bond acceptors (Lipinski definition) is 3. The van der Waals surface area contributed by atoms with Gasteiger partial charge in [-0.2, -0.15) is 0 Å². The maximum atomic E-state index is 6.04. The van der Waals surface area contributed by atoms with Gasteiger partial charge in [-0.15, -0.1) is 0 Å². The molecule has 94 valence electrons. The van der Waals surface area contributed by atoms with Crippen molar-refractivity contribution in [3.63, 3.8) is 0 Å². The van der Waals surface area contributed by atoms with Crippen LogP contribution in [0.1, 0.15) is 13.3 Å². The number of rotatable bonds is 3. The lowest BCUT2D eigenvalue weighted by molar-refractivity contribution is 0.788. The molecule has 1 saturated carbocycles. The van der Waals surface area contributed by atoms with Crippen LogP contribution in [-0.4, -0.2) is 11.5 Å². The van der Waals surface area contributed by atoms with E-state index in [1.807, 2.05) is 12.1 Å². The van der Waals surface area contributed by atoms with E-state index in [1.165, 1.54) is 6.42 Å². The van der Waals surface area contributed by atoms with Gasteiger partial charge < -0.3 is 11.1 Å².